The first-order valence-corrected chi connectivity index (χ1v) is 26.7. The molecule has 366 valence electrons. The van der Waals surface area contributed by atoms with Gasteiger partial charge in [0.05, 0.1) is 11.4 Å². The molecule has 0 aliphatic heterocycles. The molecular weight excluding hydrogens is 925 g/mol. The van der Waals surface area contributed by atoms with Crippen molar-refractivity contribution in [1.29, 1.82) is 0 Å². The third kappa shape index (κ3) is 6.37. The monoisotopic (exact) mass is 980 g/mol. The van der Waals surface area contributed by atoms with Gasteiger partial charge in [-0.05, 0) is 166 Å². The van der Waals surface area contributed by atoms with Crippen molar-refractivity contribution in [1.82, 2.24) is 0 Å². The summed E-state index contributed by atoms with van der Waals surface area (Å²) in [5.41, 5.74) is 25.1. The van der Waals surface area contributed by atoms with E-state index in [0.717, 1.165) is 99.5 Å². The van der Waals surface area contributed by atoms with Gasteiger partial charge in [0.25, 0.3) is 0 Å². The lowest BCUT2D eigenvalue weighted by Crippen LogP contribution is -2.16. The van der Waals surface area contributed by atoms with Crippen LogP contribution in [0.15, 0.2) is 203 Å². The predicted octanol–water partition coefficient (Wildman–Crippen LogP) is 20.6. The van der Waals surface area contributed by atoms with E-state index in [1.54, 1.807) is 0 Å². The van der Waals surface area contributed by atoms with Crippen LogP contribution in [-0.4, -0.2) is 0 Å². The van der Waals surface area contributed by atoms with E-state index in [9.17, 15) is 0 Å². The van der Waals surface area contributed by atoms with Crippen LogP contribution in [0.3, 0.4) is 0 Å². The minimum Gasteiger partial charge on any atom is -0.456 e. The first kappa shape index (κ1) is 44.6. The van der Waals surface area contributed by atoms with E-state index in [1.165, 1.54) is 66.8 Å². The molecule has 0 atom stereocenters. The molecule has 0 bridgehead atoms. The van der Waals surface area contributed by atoms with Crippen molar-refractivity contribution in [2.75, 3.05) is 9.80 Å². The van der Waals surface area contributed by atoms with Gasteiger partial charge in [-0.25, -0.2) is 0 Å². The molecule has 0 unspecified atom stereocenters. The fourth-order valence-electron chi connectivity index (χ4n) is 13.8. The number of fused-ring (bicyclic) bond motifs is 16. The van der Waals surface area contributed by atoms with E-state index < -0.39 is 0 Å². The predicted molar refractivity (Wildman–Crippen MR) is 319 cm³/mol. The van der Waals surface area contributed by atoms with Crippen LogP contribution in [0.2, 0.25) is 0 Å². The normalized spacial score (nSPS) is 14.0. The Balaban J connectivity index is 0.931. The summed E-state index contributed by atoms with van der Waals surface area (Å²) in [4.78, 5) is 4.89. The molecule has 0 saturated carbocycles. The number of rotatable bonds is 6. The first-order chi connectivity index (χ1) is 36.8. The Morgan fingerprint density at radius 1 is 0.289 bits per heavy atom. The topological polar surface area (TPSA) is 32.8 Å². The summed E-state index contributed by atoms with van der Waals surface area (Å²) in [5.74, 6) is 0. The molecule has 15 rings (SSSR count). The SMILES string of the molecule is Cc1cc(C)cc(N(c2ccc3c(c2)C(C)(C)c2ccccc2-3)c2cc3oc4cc5c(cc4c3c3ccccc23)oc2cc(N(c3cc(C)cc(C)c3)c3ccc4c(c3)C(C)(C)c3ccccc3-4)c3ccccc3c25)c1. The minimum absolute atomic E-state index is 0.151. The van der Waals surface area contributed by atoms with Crippen LogP contribution in [0.4, 0.5) is 34.1 Å². The summed E-state index contributed by atoms with van der Waals surface area (Å²) in [6, 6.07) is 72.2. The van der Waals surface area contributed by atoms with Crippen LogP contribution in [0, 0.1) is 27.7 Å². The summed E-state index contributed by atoms with van der Waals surface area (Å²) < 4.78 is 14.3. The summed E-state index contributed by atoms with van der Waals surface area (Å²) in [6.07, 6.45) is 0. The Bertz CT molecular complexity index is 4320. The van der Waals surface area contributed by atoms with Crippen molar-refractivity contribution in [3.63, 3.8) is 0 Å². The summed E-state index contributed by atoms with van der Waals surface area (Å²) in [7, 11) is 0. The third-order valence-corrected chi connectivity index (χ3v) is 17.1. The van der Waals surface area contributed by atoms with Gasteiger partial charge in [-0.1, -0.05) is 149 Å². The zero-order valence-electron chi connectivity index (χ0n) is 44.2. The van der Waals surface area contributed by atoms with E-state index in [2.05, 4.69) is 259 Å². The number of nitrogens with zero attached hydrogens (tertiary/aromatic N) is 2. The highest BCUT2D eigenvalue weighted by atomic mass is 16.3. The number of furan rings is 2. The average molecular weight is 981 g/mol. The van der Waals surface area contributed by atoms with Crippen LogP contribution >= 0.6 is 0 Å². The molecule has 0 spiro atoms. The molecule has 2 aliphatic rings. The molecule has 0 N–H and O–H groups in total. The molecule has 2 aromatic heterocycles. The standard InChI is InChI=1S/C72H56N2O2/c1-41-29-42(2)32-47(31-41)73(45-25-27-51-49-17-13-15-23-59(49)71(5,6)61(51)35-45)63-39-67-69(55-21-11-9-19-53(55)63)57-37-66-58(38-65(57)75-67)70-56-22-12-10-20-54(56)64(40-68(70)76-66)74(48-33-43(3)30-44(4)34-48)46-26-28-52-50-18-14-16-24-60(50)72(7,8)62(52)36-46/h9-40H,1-8H3. The largest absolute Gasteiger partial charge is 0.456 e. The number of hydrogen-bond acceptors (Lipinski definition) is 4. The Kier molecular flexibility index (Phi) is 9.29. The molecule has 0 fully saturated rings. The van der Waals surface area contributed by atoms with E-state index in [0.29, 0.717) is 0 Å². The maximum absolute atomic E-state index is 7.16. The molecular formula is C72H56N2O2. The van der Waals surface area contributed by atoms with Crippen molar-refractivity contribution < 1.29 is 8.83 Å². The number of anilines is 6. The van der Waals surface area contributed by atoms with Crippen molar-refractivity contribution in [3.05, 3.63) is 239 Å². The molecule has 13 aromatic rings. The third-order valence-electron chi connectivity index (χ3n) is 17.1. The fraction of sp³-hybridized carbons (Fsp3) is 0.139. The quantitative estimate of drug-likeness (QED) is 0.166. The lowest BCUT2D eigenvalue weighted by atomic mass is 9.82. The van der Waals surface area contributed by atoms with Gasteiger partial charge in [0, 0.05) is 78.0 Å². The lowest BCUT2D eigenvalue weighted by Gasteiger charge is -2.29. The van der Waals surface area contributed by atoms with Gasteiger partial charge in [0.2, 0.25) is 0 Å². The zero-order chi connectivity index (χ0) is 51.5. The van der Waals surface area contributed by atoms with Crippen molar-refractivity contribution >= 4 is 99.5 Å². The van der Waals surface area contributed by atoms with E-state index in [-0.39, 0.29) is 10.8 Å². The van der Waals surface area contributed by atoms with Crippen LogP contribution in [0.5, 0.6) is 0 Å². The molecule has 2 heterocycles. The smallest absolute Gasteiger partial charge is 0.138 e. The second kappa shape index (κ2) is 15.8. The van der Waals surface area contributed by atoms with Crippen molar-refractivity contribution in [3.8, 4) is 22.3 Å². The molecule has 4 nitrogen and oxygen atoms in total. The number of aryl methyl sites for hydroxylation is 4. The van der Waals surface area contributed by atoms with Gasteiger partial charge >= 0.3 is 0 Å². The molecule has 2 aliphatic carbocycles. The highest BCUT2D eigenvalue weighted by Crippen LogP contribution is 2.55. The molecule has 4 heteroatoms. The second-order valence-electron chi connectivity index (χ2n) is 22.8. The van der Waals surface area contributed by atoms with Gasteiger partial charge in [-0.15, -0.1) is 0 Å². The minimum atomic E-state index is -0.151. The maximum Gasteiger partial charge on any atom is 0.138 e. The maximum atomic E-state index is 7.16. The van der Waals surface area contributed by atoms with Gasteiger partial charge in [0.1, 0.15) is 22.3 Å². The van der Waals surface area contributed by atoms with E-state index in [4.69, 9.17) is 8.83 Å². The van der Waals surface area contributed by atoms with E-state index in [1.807, 2.05) is 0 Å². The summed E-state index contributed by atoms with van der Waals surface area (Å²) in [5, 5.41) is 8.77. The van der Waals surface area contributed by atoms with Crippen molar-refractivity contribution in [2.24, 2.45) is 0 Å². The van der Waals surface area contributed by atoms with Crippen molar-refractivity contribution in [2.45, 2.75) is 66.2 Å². The lowest BCUT2D eigenvalue weighted by molar-refractivity contribution is 0.660. The van der Waals surface area contributed by atoms with Gasteiger partial charge in [-0.2, -0.15) is 0 Å². The molecule has 0 radical (unpaired) electrons. The Labute approximate surface area is 443 Å². The van der Waals surface area contributed by atoms with E-state index >= 15 is 0 Å². The van der Waals surface area contributed by atoms with Crippen LogP contribution in [0.1, 0.15) is 72.2 Å². The zero-order valence-corrected chi connectivity index (χ0v) is 44.2. The van der Waals surface area contributed by atoms with Gasteiger partial charge in [-0.3, -0.25) is 0 Å². The summed E-state index contributed by atoms with van der Waals surface area (Å²) >= 11 is 0. The van der Waals surface area contributed by atoms with Crippen LogP contribution < -0.4 is 9.80 Å². The Hall–Kier alpha value is -8.86. The molecule has 0 saturated heterocycles. The highest BCUT2D eigenvalue weighted by molar-refractivity contribution is 6.28. The van der Waals surface area contributed by atoms with Gasteiger partial charge < -0.3 is 18.6 Å². The van der Waals surface area contributed by atoms with Gasteiger partial charge in [0.15, 0.2) is 0 Å². The average Bonchev–Trinajstić information content (AvgIpc) is 4.13. The fourth-order valence-corrected chi connectivity index (χ4v) is 13.8. The molecule has 11 aromatic carbocycles. The Morgan fingerprint density at radius 2 is 0.645 bits per heavy atom. The highest BCUT2D eigenvalue weighted by Gasteiger charge is 2.38. The number of benzene rings is 11. The molecule has 76 heavy (non-hydrogen) atoms. The van der Waals surface area contributed by atoms with Crippen LogP contribution in [-0.2, 0) is 10.8 Å². The second-order valence-corrected chi connectivity index (χ2v) is 22.8. The first-order valence-electron chi connectivity index (χ1n) is 26.7. The Morgan fingerprint density at radius 3 is 1.05 bits per heavy atom. The summed E-state index contributed by atoms with van der Waals surface area (Å²) in [6.45, 7) is 18.2. The van der Waals surface area contributed by atoms with Crippen LogP contribution in [0.25, 0.3) is 87.7 Å². The molecule has 0 amide bonds. The number of hydrogen-bond donors (Lipinski definition) is 0.